The molecule has 0 aliphatic carbocycles. The van der Waals surface area contributed by atoms with Gasteiger partial charge in [0.15, 0.2) is 15.0 Å². The first-order valence-corrected chi connectivity index (χ1v) is 13.7. The topological polar surface area (TPSA) is 85.3 Å². The quantitative estimate of drug-likeness (QED) is 0.524. The molecule has 2 atom stereocenters. The lowest BCUT2D eigenvalue weighted by molar-refractivity contribution is -0.117. The molecular weight excluding hydrogens is 460 g/mol. The third-order valence-corrected chi connectivity index (χ3v) is 8.87. The van der Waals surface area contributed by atoms with Crippen molar-refractivity contribution >= 4 is 38.4 Å². The van der Waals surface area contributed by atoms with E-state index in [2.05, 4.69) is 11.9 Å². The molecule has 4 rings (SSSR count). The molecule has 1 amide bonds. The van der Waals surface area contributed by atoms with Crippen LogP contribution in [0.25, 0.3) is 0 Å². The van der Waals surface area contributed by atoms with Crippen molar-refractivity contribution in [3.05, 3.63) is 54.1 Å². The fourth-order valence-electron chi connectivity index (χ4n) is 3.99. The van der Waals surface area contributed by atoms with Crippen LogP contribution in [-0.4, -0.2) is 56.0 Å². The molecule has 33 heavy (non-hydrogen) atoms. The van der Waals surface area contributed by atoms with Gasteiger partial charge in [-0.2, -0.15) is 4.99 Å². The number of unbranched alkanes of at least 4 members (excludes halogenated alkanes) is 1. The SMILES string of the molecule is CCCCOc1cccc(N2C(=NC(=O)Cc3ccc(OC)cc3)SC3CS(=O)(=O)CC32)c1. The molecule has 0 radical (unpaired) electrons. The standard InChI is InChI=1S/C24H28N2O5S2/c1-3-4-12-31-20-7-5-6-18(14-20)26-21-15-33(28,29)16-22(21)32-24(26)25-23(27)13-17-8-10-19(30-2)11-9-17/h5-11,14,21-22H,3-4,12-13,15-16H2,1-2H3. The molecule has 0 spiro atoms. The molecule has 2 heterocycles. The first-order valence-electron chi connectivity index (χ1n) is 11.0. The van der Waals surface area contributed by atoms with Gasteiger partial charge in [0.1, 0.15) is 11.5 Å². The van der Waals surface area contributed by atoms with Gasteiger partial charge in [-0.3, -0.25) is 4.79 Å². The van der Waals surface area contributed by atoms with Crippen molar-refractivity contribution in [2.24, 2.45) is 4.99 Å². The Morgan fingerprint density at radius 3 is 2.67 bits per heavy atom. The number of carbonyl (C=O) groups is 1. The summed E-state index contributed by atoms with van der Waals surface area (Å²) in [6, 6.07) is 14.6. The Kier molecular flexibility index (Phi) is 7.29. The van der Waals surface area contributed by atoms with Crippen LogP contribution in [0.4, 0.5) is 5.69 Å². The molecule has 2 aliphatic rings. The molecule has 176 valence electrons. The number of hydrogen-bond donors (Lipinski definition) is 0. The summed E-state index contributed by atoms with van der Waals surface area (Å²) in [5.41, 5.74) is 1.63. The highest BCUT2D eigenvalue weighted by atomic mass is 32.2. The first kappa shape index (κ1) is 23.6. The number of aliphatic imine (C=N–C) groups is 1. The van der Waals surface area contributed by atoms with Crippen LogP contribution < -0.4 is 14.4 Å². The maximum atomic E-state index is 12.8. The van der Waals surface area contributed by atoms with E-state index in [0.29, 0.717) is 11.8 Å². The fraction of sp³-hybridized carbons (Fsp3) is 0.417. The summed E-state index contributed by atoms with van der Waals surface area (Å²) in [4.78, 5) is 19.1. The predicted molar refractivity (Wildman–Crippen MR) is 132 cm³/mol. The van der Waals surface area contributed by atoms with Crippen LogP contribution in [-0.2, 0) is 21.1 Å². The Morgan fingerprint density at radius 1 is 1.15 bits per heavy atom. The predicted octanol–water partition coefficient (Wildman–Crippen LogP) is 3.72. The summed E-state index contributed by atoms with van der Waals surface area (Å²) in [5.74, 6) is 1.32. The highest BCUT2D eigenvalue weighted by Crippen LogP contribution is 2.41. The maximum absolute atomic E-state index is 12.8. The molecule has 0 saturated carbocycles. The van der Waals surface area contributed by atoms with E-state index in [9.17, 15) is 13.2 Å². The molecule has 2 saturated heterocycles. The van der Waals surface area contributed by atoms with E-state index < -0.39 is 9.84 Å². The Bertz CT molecular complexity index is 1130. The van der Waals surface area contributed by atoms with Crippen LogP contribution in [0.1, 0.15) is 25.3 Å². The van der Waals surface area contributed by atoms with Gasteiger partial charge >= 0.3 is 0 Å². The fourth-order valence-corrected chi connectivity index (χ4v) is 7.92. The van der Waals surface area contributed by atoms with Gasteiger partial charge in [0.05, 0.1) is 37.7 Å². The summed E-state index contributed by atoms with van der Waals surface area (Å²) in [7, 11) is -1.53. The Morgan fingerprint density at radius 2 is 1.94 bits per heavy atom. The minimum absolute atomic E-state index is 0.0529. The average Bonchev–Trinajstić information content (AvgIpc) is 3.25. The molecule has 2 unspecified atom stereocenters. The van der Waals surface area contributed by atoms with Crippen LogP contribution in [0.2, 0.25) is 0 Å². The monoisotopic (exact) mass is 488 g/mol. The van der Waals surface area contributed by atoms with E-state index in [-0.39, 0.29) is 35.1 Å². The van der Waals surface area contributed by atoms with Crippen LogP contribution in [0.5, 0.6) is 11.5 Å². The molecule has 7 nitrogen and oxygen atoms in total. The molecule has 0 bridgehead atoms. The number of benzene rings is 2. The number of amidine groups is 1. The Labute approximate surface area is 199 Å². The molecule has 0 N–H and O–H groups in total. The highest BCUT2D eigenvalue weighted by molar-refractivity contribution is 8.16. The Hall–Kier alpha value is -2.52. The number of fused-ring (bicyclic) bond motifs is 1. The summed E-state index contributed by atoms with van der Waals surface area (Å²) >= 11 is 1.37. The second-order valence-electron chi connectivity index (χ2n) is 8.18. The molecule has 2 aliphatic heterocycles. The van der Waals surface area contributed by atoms with Gasteiger partial charge in [-0.15, -0.1) is 0 Å². The number of rotatable bonds is 8. The van der Waals surface area contributed by atoms with Crippen molar-refractivity contribution in [3.63, 3.8) is 0 Å². The average molecular weight is 489 g/mol. The van der Waals surface area contributed by atoms with Crippen molar-refractivity contribution in [2.45, 2.75) is 37.5 Å². The maximum Gasteiger partial charge on any atom is 0.252 e. The molecule has 2 fully saturated rings. The van der Waals surface area contributed by atoms with Crippen LogP contribution in [0.15, 0.2) is 53.5 Å². The van der Waals surface area contributed by atoms with Crippen LogP contribution in [0, 0.1) is 0 Å². The van der Waals surface area contributed by atoms with E-state index in [4.69, 9.17) is 9.47 Å². The zero-order chi connectivity index (χ0) is 23.4. The highest BCUT2D eigenvalue weighted by Gasteiger charge is 2.49. The second kappa shape index (κ2) is 10.2. The summed E-state index contributed by atoms with van der Waals surface area (Å²) in [6.07, 6.45) is 2.16. The minimum atomic E-state index is -3.13. The lowest BCUT2D eigenvalue weighted by Gasteiger charge is -2.25. The van der Waals surface area contributed by atoms with Crippen molar-refractivity contribution in [1.29, 1.82) is 0 Å². The number of methoxy groups -OCH3 is 1. The van der Waals surface area contributed by atoms with Crippen molar-refractivity contribution in [1.82, 2.24) is 0 Å². The number of carbonyl (C=O) groups excluding carboxylic acids is 1. The lowest BCUT2D eigenvalue weighted by atomic mass is 10.1. The number of sulfone groups is 1. The number of ether oxygens (including phenoxy) is 2. The third kappa shape index (κ3) is 5.70. The van der Waals surface area contributed by atoms with E-state index >= 15 is 0 Å². The van der Waals surface area contributed by atoms with E-state index in [1.54, 1.807) is 7.11 Å². The molecule has 9 heteroatoms. The zero-order valence-corrected chi connectivity index (χ0v) is 20.4. The van der Waals surface area contributed by atoms with E-state index in [1.165, 1.54) is 11.8 Å². The van der Waals surface area contributed by atoms with Crippen LogP contribution in [0.3, 0.4) is 0 Å². The largest absolute Gasteiger partial charge is 0.497 e. The third-order valence-electron chi connectivity index (χ3n) is 5.66. The molecule has 2 aromatic rings. The van der Waals surface area contributed by atoms with Gasteiger partial charge in [-0.05, 0) is 36.2 Å². The van der Waals surface area contributed by atoms with Crippen molar-refractivity contribution in [2.75, 3.05) is 30.1 Å². The number of thioether (sulfide) groups is 1. The summed E-state index contributed by atoms with van der Waals surface area (Å²) in [6.45, 7) is 2.73. The Balaban J connectivity index is 1.58. The van der Waals surface area contributed by atoms with Gasteiger partial charge in [-0.1, -0.05) is 43.3 Å². The molecule has 0 aromatic heterocycles. The number of nitrogens with zero attached hydrogens (tertiary/aromatic N) is 2. The van der Waals surface area contributed by atoms with Crippen LogP contribution >= 0.6 is 11.8 Å². The normalized spacial score (nSPS) is 22.4. The van der Waals surface area contributed by atoms with E-state index in [1.807, 2.05) is 53.4 Å². The minimum Gasteiger partial charge on any atom is -0.497 e. The smallest absolute Gasteiger partial charge is 0.252 e. The molecular formula is C24H28N2O5S2. The summed E-state index contributed by atoms with van der Waals surface area (Å²) in [5, 5.41) is 0.399. The second-order valence-corrected chi connectivity index (χ2v) is 11.5. The number of hydrogen-bond acceptors (Lipinski definition) is 6. The van der Waals surface area contributed by atoms with Crippen molar-refractivity contribution in [3.8, 4) is 11.5 Å². The van der Waals surface area contributed by atoms with Gasteiger partial charge < -0.3 is 14.4 Å². The van der Waals surface area contributed by atoms with Crippen molar-refractivity contribution < 1.29 is 22.7 Å². The van der Waals surface area contributed by atoms with Gasteiger partial charge in [0, 0.05) is 17.0 Å². The number of anilines is 1. The zero-order valence-electron chi connectivity index (χ0n) is 18.8. The summed E-state index contributed by atoms with van der Waals surface area (Å²) < 4.78 is 35.6. The lowest BCUT2D eigenvalue weighted by Crippen LogP contribution is -2.37. The number of amides is 1. The van der Waals surface area contributed by atoms with Gasteiger partial charge in [0.25, 0.3) is 5.91 Å². The van der Waals surface area contributed by atoms with E-state index in [0.717, 1.165) is 35.6 Å². The van der Waals surface area contributed by atoms with Gasteiger partial charge in [0.2, 0.25) is 0 Å². The molecule has 2 aromatic carbocycles. The first-order chi connectivity index (χ1) is 15.9. The van der Waals surface area contributed by atoms with Gasteiger partial charge in [-0.25, -0.2) is 8.42 Å².